The Hall–Kier alpha value is -1.06. The molecule has 0 fully saturated rings. The molecular formula is C10H14ClNO2. The van der Waals surface area contributed by atoms with Gasteiger partial charge in [-0.05, 0) is 18.2 Å². The first-order valence-electron chi connectivity index (χ1n) is 4.28. The predicted octanol–water partition coefficient (Wildman–Crippen LogP) is 2.15. The first-order chi connectivity index (χ1) is 6.76. The molecule has 14 heavy (non-hydrogen) atoms. The molecule has 0 aromatic heterocycles. The topological polar surface area (TPSA) is 49.3 Å². The summed E-state index contributed by atoms with van der Waals surface area (Å²) in [7, 11) is 0. The van der Waals surface area contributed by atoms with Gasteiger partial charge in [0.2, 0.25) is 0 Å². The Morgan fingerprint density at radius 3 is 2.57 bits per heavy atom. The first-order valence-corrected chi connectivity index (χ1v) is 4.66. The summed E-state index contributed by atoms with van der Waals surface area (Å²) in [6.07, 6.45) is 0. The van der Waals surface area contributed by atoms with E-state index in [1.54, 1.807) is 0 Å². The molecule has 0 amide bonds. The molecule has 0 unspecified atom stereocenters. The zero-order valence-corrected chi connectivity index (χ0v) is 8.79. The summed E-state index contributed by atoms with van der Waals surface area (Å²) in [5.41, 5.74) is 1.16. The molecule has 0 saturated heterocycles. The number of benzene rings is 1. The number of carbonyl (C=O) groups is 1. The van der Waals surface area contributed by atoms with Crippen molar-refractivity contribution < 1.29 is 9.90 Å². The zero-order chi connectivity index (χ0) is 10.8. The van der Waals surface area contributed by atoms with Gasteiger partial charge >= 0.3 is 0 Å². The summed E-state index contributed by atoms with van der Waals surface area (Å²) < 4.78 is 0. The van der Waals surface area contributed by atoms with Crippen molar-refractivity contribution in [3.63, 3.8) is 0 Å². The molecule has 0 bridgehead atoms. The largest absolute Gasteiger partial charge is 0.483 e. The van der Waals surface area contributed by atoms with E-state index in [0.717, 1.165) is 23.7 Å². The van der Waals surface area contributed by atoms with Gasteiger partial charge in [-0.2, -0.15) is 0 Å². The fraction of sp³-hybridized carbons (Fsp3) is 0.300. The SMILES string of the molecule is CCNCc1ccccc1Cl.O=CO. The molecule has 4 heteroatoms. The molecule has 0 aliphatic rings. The van der Waals surface area contributed by atoms with E-state index in [9.17, 15) is 0 Å². The third-order valence-electron chi connectivity index (χ3n) is 1.52. The van der Waals surface area contributed by atoms with Gasteiger partial charge in [0, 0.05) is 11.6 Å². The van der Waals surface area contributed by atoms with Crippen LogP contribution in [-0.2, 0) is 11.3 Å². The molecule has 2 N–H and O–H groups in total. The van der Waals surface area contributed by atoms with Crippen molar-refractivity contribution in [3.05, 3.63) is 34.9 Å². The van der Waals surface area contributed by atoms with Gasteiger partial charge in [-0.25, -0.2) is 0 Å². The maximum Gasteiger partial charge on any atom is 0.290 e. The third kappa shape index (κ3) is 5.56. The maximum absolute atomic E-state index is 8.36. The highest BCUT2D eigenvalue weighted by Gasteiger charge is 1.95. The standard InChI is InChI=1S/C9H12ClN.CH2O2/c1-2-11-7-8-5-3-4-6-9(8)10;2-1-3/h3-6,11H,2,7H2,1H3;1H,(H,2,3). The Kier molecular flexibility index (Phi) is 7.89. The fourth-order valence-corrected chi connectivity index (χ4v) is 1.10. The fourth-order valence-electron chi connectivity index (χ4n) is 0.901. The van der Waals surface area contributed by atoms with Crippen LogP contribution in [0.4, 0.5) is 0 Å². The minimum atomic E-state index is -0.250. The van der Waals surface area contributed by atoms with Crippen molar-refractivity contribution in [2.45, 2.75) is 13.5 Å². The van der Waals surface area contributed by atoms with Crippen molar-refractivity contribution in [1.82, 2.24) is 5.32 Å². The quantitative estimate of drug-likeness (QED) is 0.760. The Labute approximate surface area is 88.7 Å². The lowest BCUT2D eigenvalue weighted by Crippen LogP contribution is -2.11. The van der Waals surface area contributed by atoms with E-state index >= 15 is 0 Å². The lowest BCUT2D eigenvalue weighted by molar-refractivity contribution is -0.122. The van der Waals surface area contributed by atoms with Gasteiger partial charge in [0.05, 0.1) is 0 Å². The highest BCUT2D eigenvalue weighted by Crippen LogP contribution is 2.13. The molecule has 1 aromatic carbocycles. The van der Waals surface area contributed by atoms with Crippen molar-refractivity contribution in [1.29, 1.82) is 0 Å². The highest BCUT2D eigenvalue weighted by molar-refractivity contribution is 6.31. The van der Waals surface area contributed by atoms with Gasteiger partial charge in [0.1, 0.15) is 0 Å². The minimum absolute atomic E-state index is 0.250. The van der Waals surface area contributed by atoms with E-state index in [0.29, 0.717) is 0 Å². The van der Waals surface area contributed by atoms with Crippen LogP contribution in [0.2, 0.25) is 5.02 Å². The number of hydrogen-bond donors (Lipinski definition) is 2. The summed E-state index contributed by atoms with van der Waals surface area (Å²) in [5.74, 6) is 0. The van der Waals surface area contributed by atoms with Crippen molar-refractivity contribution >= 4 is 18.1 Å². The van der Waals surface area contributed by atoms with E-state index in [2.05, 4.69) is 12.2 Å². The molecule has 1 rings (SSSR count). The monoisotopic (exact) mass is 215 g/mol. The summed E-state index contributed by atoms with van der Waals surface area (Å²) in [4.78, 5) is 8.36. The van der Waals surface area contributed by atoms with Crippen LogP contribution < -0.4 is 5.32 Å². The Bertz CT molecular complexity index is 266. The molecule has 1 aromatic rings. The second kappa shape index (κ2) is 8.53. The van der Waals surface area contributed by atoms with E-state index in [1.807, 2.05) is 24.3 Å². The molecule has 0 spiro atoms. The van der Waals surface area contributed by atoms with E-state index in [-0.39, 0.29) is 6.47 Å². The average molecular weight is 216 g/mol. The minimum Gasteiger partial charge on any atom is -0.483 e. The van der Waals surface area contributed by atoms with Gasteiger partial charge in [-0.1, -0.05) is 36.7 Å². The second-order valence-corrected chi connectivity index (χ2v) is 2.88. The normalized spacial score (nSPS) is 8.71. The van der Waals surface area contributed by atoms with Gasteiger partial charge in [-0.3, -0.25) is 4.79 Å². The molecule has 0 atom stereocenters. The zero-order valence-electron chi connectivity index (χ0n) is 8.03. The van der Waals surface area contributed by atoms with Crippen LogP contribution >= 0.6 is 11.6 Å². The van der Waals surface area contributed by atoms with Gasteiger partial charge in [0.25, 0.3) is 6.47 Å². The lowest BCUT2D eigenvalue weighted by atomic mass is 10.2. The van der Waals surface area contributed by atoms with Crippen LogP contribution in [0.25, 0.3) is 0 Å². The van der Waals surface area contributed by atoms with E-state index in [1.165, 1.54) is 0 Å². The summed E-state index contributed by atoms with van der Waals surface area (Å²) in [6.45, 7) is 3.66. The maximum atomic E-state index is 8.36. The van der Waals surface area contributed by atoms with Crippen LogP contribution in [-0.4, -0.2) is 18.1 Å². The Morgan fingerprint density at radius 2 is 2.07 bits per heavy atom. The first kappa shape index (κ1) is 12.9. The van der Waals surface area contributed by atoms with Crippen LogP contribution in [0.5, 0.6) is 0 Å². The number of halogens is 1. The smallest absolute Gasteiger partial charge is 0.290 e. The highest BCUT2D eigenvalue weighted by atomic mass is 35.5. The van der Waals surface area contributed by atoms with Crippen molar-refractivity contribution in [3.8, 4) is 0 Å². The third-order valence-corrected chi connectivity index (χ3v) is 1.89. The number of hydrogen-bond acceptors (Lipinski definition) is 2. The van der Waals surface area contributed by atoms with Gasteiger partial charge < -0.3 is 10.4 Å². The van der Waals surface area contributed by atoms with Crippen LogP contribution in [0.3, 0.4) is 0 Å². The van der Waals surface area contributed by atoms with Crippen LogP contribution in [0, 0.1) is 0 Å². The Morgan fingerprint density at radius 1 is 1.50 bits per heavy atom. The van der Waals surface area contributed by atoms with Crippen LogP contribution in [0.15, 0.2) is 24.3 Å². The van der Waals surface area contributed by atoms with Gasteiger partial charge in [0.15, 0.2) is 0 Å². The summed E-state index contributed by atoms with van der Waals surface area (Å²) >= 11 is 5.92. The number of carboxylic acid groups (broad SMARTS) is 1. The van der Waals surface area contributed by atoms with E-state index < -0.39 is 0 Å². The summed E-state index contributed by atoms with van der Waals surface area (Å²) in [6, 6.07) is 7.88. The molecule has 0 aliphatic heterocycles. The molecule has 0 aliphatic carbocycles. The average Bonchev–Trinajstić information content (AvgIpc) is 2.18. The second-order valence-electron chi connectivity index (χ2n) is 2.48. The van der Waals surface area contributed by atoms with Gasteiger partial charge in [-0.15, -0.1) is 0 Å². The molecule has 78 valence electrons. The molecular weight excluding hydrogens is 202 g/mol. The predicted molar refractivity (Wildman–Crippen MR) is 57.5 cm³/mol. The number of nitrogens with one attached hydrogen (secondary N) is 1. The lowest BCUT2D eigenvalue weighted by Gasteiger charge is -2.02. The summed E-state index contributed by atoms with van der Waals surface area (Å²) in [5, 5.41) is 11.0. The van der Waals surface area contributed by atoms with Crippen LogP contribution in [0.1, 0.15) is 12.5 Å². The Balaban J connectivity index is 0.000000500. The molecule has 3 nitrogen and oxygen atoms in total. The van der Waals surface area contributed by atoms with E-state index in [4.69, 9.17) is 21.5 Å². The van der Waals surface area contributed by atoms with Crippen molar-refractivity contribution in [2.75, 3.05) is 6.54 Å². The number of rotatable bonds is 3. The molecule has 0 saturated carbocycles. The molecule has 0 heterocycles. The molecule has 0 radical (unpaired) electrons. The van der Waals surface area contributed by atoms with Crippen molar-refractivity contribution in [2.24, 2.45) is 0 Å².